The lowest BCUT2D eigenvalue weighted by Gasteiger charge is -2.06. The number of aryl methyl sites for hydroxylation is 2. The van der Waals surface area contributed by atoms with Crippen molar-refractivity contribution >= 4 is 17.7 Å². The molecule has 0 atom stereocenters. The Hall–Kier alpha value is -1.81. The Morgan fingerprint density at radius 1 is 1.17 bits per heavy atom. The van der Waals surface area contributed by atoms with Crippen LogP contribution in [0.4, 0.5) is 4.39 Å². The third-order valence-corrected chi connectivity index (χ3v) is 4.53. The third-order valence-electron chi connectivity index (χ3n) is 3.50. The molecule has 0 spiro atoms. The van der Waals surface area contributed by atoms with Gasteiger partial charge in [0, 0.05) is 24.5 Å². The molecule has 0 aliphatic carbocycles. The van der Waals surface area contributed by atoms with Gasteiger partial charge in [0.25, 0.3) is 0 Å². The predicted molar refractivity (Wildman–Crippen MR) is 95.1 cm³/mol. The van der Waals surface area contributed by atoms with Gasteiger partial charge in [0.1, 0.15) is 5.82 Å². The summed E-state index contributed by atoms with van der Waals surface area (Å²) < 4.78 is 13.4. The Balaban J connectivity index is 1.59. The number of benzene rings is 2. The summed E-state index contributed by atoms with van der Waals surface area (Å²) in [5.41, 5.74) is 3.17. The summed E-state index contributed by atoms with van der Waals surface area (Å²) in [4.78, 5) is 11.8. The van der Waals surface area contributed by atoms with Crippen LogP contribution in [0.25, 0.3) is 0 Å². The molecule has 122 valence electrons. The van der Waals surface area contributed by atoms with Crippen molar-refractivity contribution in [3.8, 4) is 0 Å². The average molecular weight is 331 g/mol. The molecule has 0 saturated carbocycles. The first-order valence-corrected chi connectivity index (χ1v) is 8.94. The van der Waals surface area contributed by atoms with Crippen molar-refractivity contribution in [3.05, 3.63) is 71.0 Å². The Labute approximate surface area is 141 Å². The molecule has 0 saturated heterocycles. The minimum absolute atomic E-state index is 0.0237. The van der Waals surface area contributed by atoms with Crippen LogP contribution in [0.2, 0.25) is 0 Å². The van der Waals surface area contributed by atoms with Gasteiger partial charge in [0.15, 0.2) is 0 Å². The van der Waals surface area contributed by atoms with Crippen LogP contribution < -0.4 is 5.32 Å². The van der Waals surface area contributed by atoms with Gasteiger partial charge in [-0.2, -0.15) is 11.8 Å². The topological polar surface area (TPSA) is 29.1 Å². The number of rotatable bonds is 8. The van der Waals surface area contributed by atoms with Crippen molar-refractivity contribution in [1.82, 2.24) is 5.32 Å². The molecule has 2 nitrogen and oxygen atoms in total. The van der Waals surface area contributed by atoms with Gasteiger partial charge in [-0.3, -0.25) is 4.79 Å². The van der Waals surface area contributed by atoms with Crippen LogP contribution in [-0.4, -0.2) is 18.2 Å². The molecule has 23 heavy (non-hydrogen) atoms. The number of hydrogen-bond acceptors (Lipinski definition) is 2. The standard InChI is InChI=1S/C19H22FNOS/c1-15-5-4-6-16(13-15)14-23-12-11-21-19(22)10-9-17-7-2-3-8-18(17)20/h2-8,13H,9-12,14H2,1H3,(H,21,22). The van der Waals surface area contributed by atoms with E-state index in [0.717, 1.165) is 11.5 Å². The number of amides is 1. The Morgan fingerprint density at radius 2 is 2.00 bits per heavy atom. The summed E-state index contributed by atoms with van der Waals surface area (Å²) in [6.07, 6.45) is 0.762. The summed E-state index contributed by atoms with van der Waals surface area (Å²) in [5, 5.41) is 2.89. The highest BCUT2D eigenvalue weighted by Crippen LogP contribution is 2.13. The Morgan fingerprint density at radius 3 is 2.78 bits per heavy atom. The first-order valence-electron chi connectivity index (χ1n) is 7.78. The molecule has 0 aliphatic rings. The molecule has 0 bridgehead atoms. The quantitative estimate of drug-likeness (QED) is 0.737. The fourth-order valence-electron chi connectivity index (χ4n) is 2.29. The number of nitrogens with one attached hydrogen (secondary N) is 1. The molecule has 0 aliphatic heterocycles. The molecule has 1 amide bonds. The van der Waals surface area contributed by atoms with Crippen molar-refractivity contribution in [3.63, 3.8) is 0 Å². The van der Waals surface area contributed by atoms with Gasteiger partial charge < -0.3 is 5.32 Å². The largest absolute Gasteiger partial charge is 0.355 e. The van der Waals surface area contributed by atoms with Gasteiger partial charge in [0.2, 0.25) is 5.91 Å². The Kier molecular flexibility index (Phi) is 7.14. The molecule has 0 heterocycles. The molecular formula is C19H22FNOS. The summed E-state index contributed by atoms with van der Waals surface area (Å²) in [6.45, 7) is 2.73. The SMILES string of the molecule is Cc1cccc(CSCCNC(=O)CCc2ccccc2F)c1. The molecular weight excluding hydrogens is 309 g/mol. The van der Waals surface area contributed by atoms with E-state index in [0.29, 0.717) is 24.9 Å². The van der Waals surface area contributed by atoms with Gasteiger partial charge in [-0.25, -0.2) is 4.39 Å². The molecule has 1 N–H and O–H groups in total. The van der Waals surface area contributed by atoms with Crippen LogP contribution in [0.5, 0.6) is 0 Å². The fraction of sp³-hybridized carbons (Fsp3) is 0.316. The molecule has 0 aromatic heterocycles. The lowest BCUT2D eigenvalue weighted by molar-refractivity contribution is -0.120. The second-order valence-electron chi connectivity index (χ2n) is 5.48. The van der Waals surface area contributed by atoms with Crippen LogP contribution in [0.15, 0.2) is 48.5 Å². The van der Waals surface area contributed by atoms with E-state index in [1.54, 1.807) is 30.0 Å². The van der Waals surface area contributed by atoms with Gasteiger partial charge in [-0.05, 0) is 30.5 Å². The second-order valence-corrected chi connectivity index (χ2v) is 6.59. The van der Waals surface area contributed by atoms with Crippen molar-refractivity contribution in [2.75, 3.05) is 12.3 Å². The maximum atomic E-state index is 13.4. The summed E-state index contributed by atoms with van der Waals surface area (Å²) in [7, 11) is 0. The zero-order chi connectivity index (χ0) is 16.5. The highest BCUT2D eigenvalue weighted by molar-refractivity contribution is 7.98. The number of thioether (sulfide) groups is 1. The van der Waals surface area contributed by atoms with Gasteiger partial charge in [-0.1, -0.05) is 48.0 Å². The van der Waals surface area contributed by atoms with E-state index in [2.05, 4.69) is 36.5 Å². The first-order chi connectivity index (χ1) is 11.1. The molecule has 4 heteroatoms. The van der Waals surface area contributed by atoms with Crippen LogP contribution >= 0.6 is 11.8 Å². The van der Waals surface area contributed by atoms with Crippen molar-refractivity contribution in [2.24, 2.45) is 0 Å². The lowest BCUT2D eigenvalue weighted by Crippen LogP contribution is -2.26. The van der Waals surface area contributed by atoms with E-state index in [9.17, 15) is 9.18 Å². The summed E-state index contributed by atoms with van der Waals surface area (Å²) in [5.74, 6) is 1.56. The van der Waals surface area contributed by atoms with E-state index >= 15 is 0 Å². The number of halogens is 1. The predicted octanol–water partition coefficient (Wildman–Crippen LogP) is 4.12. The number of carbonyl (C=O) groups is 1. The minimum atomic E-state index is -0.242. The second kappa shape index (κ2) is 9.36. The molecule has 2 aromatic carbocycles. The monoisotopic (exact) mass is 331 g/mol. The highest BCUT2D eigenvalue weighted by Gasteiger charge is 2.05. The molecule has 0 radical (unpaired) electrons. The van der Waals surface area contributed by atoms with E-state index < -0.39 is 0 Å². The molecule has 0 unspecified atom stereocenters. The van der Waals surface area contributed by atoms with E-state index in [4.69, 9.17) is 0 Å². The normalized spacial score (nSPS) is 10.5. The van der Waals surface area contributed by atoms with Crippen molar-refractivity contribution < 1.29 is 9.18 Å². The van der Waals surface area contributed by atoms with Crippen molar-refractivity contribution in [1.29, 1.82) is 0 Å². The summed E-state index contributed by atoms with van der Waals surface area (Å²) in [6, 6.07) is 15.0. The molecule has 2 aromatic rings. The lowest BCUT2D eigenvalue weighted by atomic mass is 10.1. The van der Waals surface area contributed by atoms with Gasteiger partial charge >= 0.3 is 0 Å². The molecule has 2 rings (SSSR count). The van der Waals surface area contributed by atoms with Crippen molar-refractivity contribution in [2.45, 2.75) is 25.5 Å². The number of hydrogen-bond donors (Lipinski definition) is 1. The smallest absolute Gasteiger partial charge is 0.220 e. The Bertz CT molecular complexity index is 645. The van der Waals surface area contributed by atoms with E-state index in [-0.39, 0.29) is 11.7 Å². The van der Waals surface area contributed by atoms with Crippen LogP contribution in [0, 0.1) is 12.7 Å². The van der Waals surface area contributed by atoms with Gasteiger partial charge in [-0.15, -0.1) is 0 Å². The van der Waals surface area contributed by atoms with Gasteiger partial charge in [0.05, 0.1) is 0 Å². The zero-order valence-corrected chi connectivity index (χ0v) is 14.2. The van der Waals surface area contributed by atoms with E-state index in [1.165, 1.54) is 17.2 Å². The number of carbonyl (C=O) groups excluding carboxylic acids is 1. The highest BCUT2D eigenvalue weighted by atomic mass is 32.2. The fourth-order valence-corrected chi connectivity index (χ4v) is 3.10. The summed E-state index contributed by atoms with van der Waals surface area (Å²) >= 11 is 1.80. The maximum absolute atomic E-state index is 13.4. The van der Waals surface area contributed by atoms with Crippen LogP contribution in [-0.2, 0) is 17.0 Å². The minimum Gasteiger partial charge on any atom is -0.355 e. The molecule has 0 fully saturated rings. The maximum Gasteiger partial charge on any atom is 0.220 e. The third kappa shape index (κ3) is 6.45. The first kappa shape index (κ1) is 17.5. The van der Waals surface area contributed by atoms with E-state index in [1.807, 2.05) is 0 Å². The van der Waals surface area contributed by atoms with Crippen LogP contribution in [0.1, 0.15) is 23.1 Å². The average Bonchev–Trinajstić information content (AvgIpc) is 2.54. The van der Waals surface area contributed by atoms with Crippen LogP contribution in [0.3, 0.4) is 0 Å². The zero-order valence-electron chi connectivity index (χ0n) is 13.3.